The van der Waals surface area contributed by atoms with E-state index in [4.69, 9.17) is 0 Å². The molecule has 17 heavy (non-hydrogen) atoms. The number of amides is 1. The van der Waals surface area contributed by atoms with Crippen LogP contribution >= 0.6 is 0 Å². The van der Waals surface area contributed by atoms with Crippen LogP contribution in [0.1, 0.15) is 18.1 Å². The Kier molecular flexibility index (Phi) is 3.36. The number of likely N-dealkylation sites (N-methyl/N-ethyl adjacent to an activating group) is 1. The fraction of sp³-hybridized carbons (Fsp3) is 0.500. The number of nitrogens with zero attached hydrogens (tertiary/aromatic N) is 2. The number of rotatable bonds is 2. The molecule has 0 bridgehead atoms. The molecule has 0 saturated carbocycles. The van der Waals surface area contributed by atoms with Gasteiger partial charge in [0.2, 0.25) is 5.91 Å². The van der Waals surface area contributed by atoms with E-state index in [1.807, 2.05) is 11.8 Å². The number of hydrogen-bond donors (Lipinski definition) is 0. The highest BCUT2D eigenvalue weighted by molar-refractivity contribution is 5.83. The summed E-state index contributed by atoms with van der Waals surface area (Å²) >= 11 is 0. The minimum atomic E-state index is 0.236. The molecule has 0 atom stereocenters. The first-order valence-electron chi connectivity index (χ1n) is 6.21. The molecule has 3 heteroatoms. The van der Waals surface area contributed by atoms with Gasteiger partial charge in [-0.3, -0.25) is 4.79 Å². The number of carbonyl (C=O) groups is 1. The molecule has 3 nitrogen and oxygen atoms in total. The summed E-state index contributed by atoms with van der Waals surface area (Å²) in [5.74, 6) is 0.236. The van der Waals surface area contributed by atoms with E-state index in [2.05, 4.69) is 36.9 Å². The van der Waals surface area contributed by atoms with Crippen molar-refractivity contribution in [3.8, 4) is 0 Å². The lowest BCUT2D eigenvalue weighted by molar-refractivity contribution is -0.130. The molecule has 2 rings (SSSR count). The van der Waals surface area contributed by atoms with Crippen molar-refractivity contribution in [2.75, 3.05) is 31.1 Å². The van der Waals surface area contributed by atoms with Crippen LogP contribution < -0.4 is 4.90 Å². The monoisotopic (exact) mass is 232 g/mol. The van der Waals surface area contributed by atoms with E-state index in [0.717, 1.165) is 19.6 Å². The highest BCUT2D eigenvalue weighted by Crippen LogP contribution is 2.22. The minimum absolute atomic E-state index is 0.236. The Bertz CT molecular complexity index is 428. The molecule has 0 unspecified atom stereocenters. The molecule has 0 aliphatic carbocycles. The maximum absolute atomic E-state index is 11.9. The molecular formula is C14H20N2O. The second-order valence-electron chi connectivity index (χ2n) is 4.68. The Balaban J connectivity index is 2.19. The third-order valence-corrected chi connectivity index (χ3v) is 3.41. The Morgan fingerprint density at radius 1 is 1.24 bits per heavy atom. The lowest BCUT2D eigenvalue weighted by Gasteiger charge is -2.35. The largest absolute Gasteiger partial charge is 0.360 e. The number of benzene rings is 1. The summed E-state index contributed by atoms with van der Waals surface area (Å²) in [4.78, 5) is 16.0. The van der Waals surface area contributed by atoms with Crippen molar-refractivity contribution in [3.05, 3.63) is 29.3 Å². The molecule has 1 aromatic rings. The Morgan fingerprint density at radius 2 is 2.00 bits per heavy atom. The standard InChI is InChI=1S/C14H20N2O/c1-4-15-7-8-16(10-14(15)17)13-9-11(2)5-6-12(13)3/h5-6,9H,4,7-8,10H2,1-3H3. The lowest BCUT2D eigenvalue weighted by Crippen LogP contribution is -2.50. The number of carbonyl (C=O) groups excluding carboxylic acids is 1. The number of piperazine rings is 1. The first kappa shape index (κ1) is 12.0. The van der Waals surface area contributed by atoms with E-state index in [9.17, 15) is 4.79 Å². The molecule has 1 fully saturated rings. The van der Waals surface area contributed by atoms with Crippen LogP contribution in [0, 0.1) is 13.8 Å². The Morgan fingerprint density at radius 3 is 2.65 bits per heavy atom. The van der Waals surface area contributed by atoms with E-state index < -0.39 is 0 Å². The molecule has 0 N–H and O–H groups in total. The second kappa shape index (κ2) is 4.78. The zero-order valence-electron chi connectivity index (χ0n) is 10.9. The van der Waals surface area contributed by atoms with Gasteiger partial charge in [0.05, 0.1) is 6.54 Å². The van der Waals surface area contributed by atoms with Crippen LogP contribution in [0.5, 0.6) is 0 Å². The van der Waals surface area contributed by atoms with Gasteiger partial charge in [-0.15, -0.1) is 0 Å². The van der Waals surface area contributed by atoms with Crippen molar-refractivity contribution in [2.24, 2.45) is 0 Å². The van der Waals surface area contributed by atoms with Gasteiger partial charge in [0.15, 0.2) is 0 Å². The van der Waals surface area contributed by atoms with Gasteiger partial charge in [0.25, 0.3) is 0 Å². The first-order chi connectivity index (χ1) is 8.11. The average molecular weight is 232 g/mol. The molecule has 1 amide bonds. The van der Waals surface area contributed by atoms with Crippen molar-refractivity contribution in [2.45, 2.75) is 20.8 Å². The van der Waals surface area contributed by atoms with Gasteiger partial charge in [-0.1, -0.05) is 12.1 Å². The number of hydrogen-bond acceptors (Lipinski definition) is 2. The average Bonchev–Trinajstić information content (AvgIpc) is 2.32. The van der Waals surface area contributed by atoms with Gasteiger partial charge >= 0.3 is 0 Å². The van der Waals surface area contributed by atoms with Crippen molar-refractivity contribution in [1.82, 2.24) is 4.90 Å². The zero-order chi connectivity index (χ0) is 12.4. The minimum Gasteiger partial charge on any atom is -0.360 e. The summed E-state index contributed by atoms with van der Waals surface area (Å²) in [6.45, 7) is 9.33. The van der Waals surface area contributed by atoms with Gasteiger partial charge in [-0.2, -0.15) is 0 Å². The molecule has 0 spiro atoms. The van der Waals surface area contributed by atoms with Crippen LogP contribution in [0.15, 0.2) is 18.2 Å². The van der Waals surface area contributed by atoms with Crippen molar-refractivity contribution in [1.29, 1.82) is 0 Å². The molecule has 1 aromatic carbocycles. The molecule has 1 saturated heterocycles. The van der Waals surface area contributed by atoms with Crippen molar-refractivity contribution < 1.29 is 4.79 Å². The van der Waals surface area contributed by atoms with Crippen LogP contribution in [0.4, 0.5) is 5.69 Å². The predicted octanol–water partition coefficient (Wildman–Crippen LogP) is 1.97. The molecule has 1 aliphatic heterocycles. The third kappa shape index (κ3) is 2.43. The highest BCUT2D eigenvalue weighted by Gasteiger charge is 2.23. The zero-order valence-corrected chi connectivity index (χ0v) is 10.9. The maximum atomic E-state index is 11.9. The predicted molar refractivity (Wildman–Crippen MR) is 70.4 cm³/mol. The van der Waals surface area contributed by atoms with Crippen LogP contribution in [-0.2, 0) is 4.79 Å². The van der Waals surface area contributed by atoms with Crippen LogP contribution in [-0.4, -0.2) is 37.0 Å². The van der Waals surface area contributed by atoms with Crippen LogP contribution in [0.25, 0.3) is 0 Å². The van der Waals surface area contributed by atoms with E-state index >= 15 is 0 Å². The van der Waals surface area contributed by atoms with Crippen molar-refractivity contribution >= 4 is 11.6 Å². The van der Waals surface area contributed by atoms with E-state index in [-0.39, 0.29) is 5.91 Å². The fourth-order valence-electron chi connectivity index (χ4n) is 2.31. The lowest BCUT2D eigenvalue weighted by atomic mass is 10.1. The Labute approximate surface area is 103 Å². The first-order valence-corrected chi connectivity index (χ1v) is 6.21. The van der Waals surface area contributed by atoms with Crippen LogP contribution in [0.3, 0.4) is 0 Å². The SMILES string of the molecule is CCN1CCN(c2cc(C)ccc2C)CC1=O. The highest BCUT2D eigenvalue weighted by atomic mass is 16.2. The van der Waals surface area contributed by atoms with Gasteiger partial charge in [0.1, 0.15) is 0 Å². The van der Waals surface area contributed by atoms with Gasteiger partial charge in [-0.25, -0.2) is 0 Å². The quantitative estimate of drug-likeness (QED) is 0.778. The molecule has 92 valence electrons. The Hall–Kier alpha value is -1.51. The third-order valence-electron chi connectivity index (χ3n) is 3.41. The van der Waals surface area contributed by atoms with E-state index in [1.165, 1.54) is 16.8 Å². The molecular weight excluding hydrogens is 212 g/mol. The van der Waals surface area contributed by atoms with Crippen molar-refractivity contribution in [3.63, 3.8) is 0 Å². The molecule has 0 radical (unpaired) electrons. The number of aryl methyl sites for hydroxylation is 2. The van der Waals surface area contributed by atoms with Crippen LogP contribution in [0.2, 0.25) is 0 Å². The number of anilines is 1. The fourth-order valence-corrected chi connectivity index (χ4v) is 2.31. The van der Waals surface area contributed by atoms with Gasteiger partial charge in [-0.05, 0) is 38.0 Å². The summed E-state index contributed by atoms with van der Waals surface area (Å²) in [6, 6.07) is 6.41. The summed E-state index contributed by atoms with van der Waals surface area (Å²) in [6.07, 6.45) is 0. The smallest absolute Gasteiger partial charge is 0.242 e. The van der Waals surface area contributed by atoms with E-state index in [1.54, 1.807) is 0 Å². The summed E-state index contributed by atoms with van der Waals surface area (Å²) < 4.78 is 0. The molecule has 0 aromatic heterocycles. The normalized spacial score (nSPS) is 16.5. The molecule has 1 heterocycles. The maximum Gasteiger partial charge on any atom is 0.242 e. The molecule has 1 aliphatic rings. The summed E-state index contributed by atoms with van der Waals surface area (Å²) in [5, 5.41) is 0. The second-order valence-corrected chi connectivity index (χ2v) is 4.68. The van der Waals surface area contributed by atoms with E-state index in [0.29, 0.717) is 6.54 Å². The van der Waals surface area contributed by atoms with Gasteiger partial charge < -0.3 is 9.80 Å². The van der Waals surface area contributed by atoms with Gasteiger partial charge in [0, 0.05) is 25.3 Å². The summed E-state index contributed by atoms with van der Waals surface area (Å²) in [7, 11) is 0. The topological polar surface area (TPSA) is 23.6 Å². The summed E-state index contributed by atoms with van der Waals surface area (Å²) in [5.41, 5.74) is 3.69.